The smallest absolute Gasteiger partial charge is 0.269 e. The predicted molar refractivity (Wildman–Crippen MR) is 103 cm³/mol. The first-order chi connectivity index (χ1) is 13.5. The van der Waals surface area contributed by atoms with E-state index in [2.05, 4.69) is 16.2 Å². The summed E-state index contributed by atoms with van der Waals surface area (Å²) in [6, 6.07) is 13.2. The SMILES string of the molecule is CCOc1ccc(C(=O)NNC(=O)CNC(=O)c2ccccc2OCC)cc1. The third-order valence-electron chi connectivity index (χ3n) is 3.58. The Labute approximate surface area is 163 Å². The molecule has 0 radical (unpaired) electrons. The van der Waals surface area contributed by atoms with Crippen LogP contribution in [-0.4, -0.2) is 37.5 Å². The normalized spacial score (nSPS) is 9.93. The molecule has 0 aliphatic heterocycles. The highest BCUT2D eigenvalue weighted by Gasteiger charge is 2.13. The van der Waals surface area contributed by atoms with Crippen LogP contribution in [-0.2, 0) is 4.79 Å². The van der Waals surface area contributed by atoms with E-state index >= 15 is 0 Å². The van der Waals surface area contributed by atoms with Gasteiger partial charge in [-0.25, -0.2) is 0 Å². The molecule has 2 aromatic carbocycles. The fourth-order valence-electron chi connectivity index (χ4n) is 2.30. The van der Waals surface area contributed by atoms with Gasteiger partial charge in [0.25, 0.3) is 17.7 Å². The summed E-state index contributed by atoms with van der Waals surface area (Å²) in [5.74, 6) is -0.409. The zero-order valence-electron chi connectivity index (χ0n) is 15.8. The third-order valence-corrected chi connectivity index (χ3v) is 3.58. The van der Waals surface area contributed by atoms with Crippen molar-refractivity contribution in [3.8, 4) is 11.5 Å². The molecule has 0 fully saturated rings. The second kappa shape index (κ2) is 10.6. The molecule has 8 heteroatoms. The maximum atomic E-state index is 12.2. The van der Waals surface area contributed by atoms with Gasteiger partial charge in [0.2, 0.25) is 0 Å². The summed E-state index contributed by atoms with van der Waals surface area (Å²) in [7, 11) is 0. The van der Waals surface area contributed by atoms with E-state index in [4.69, 9.17) is 9.47 Å². The molecular formula is C20H23N3O5. The van der Waals surface area contributed by atoms with Crippen LogP contribution in [0.15, 0.2) is 48.5 Å². The number of rotatable bonds is 8. The minimum atomic E-state index is -0.568. The topological polar surface area (TPSA) is 106 Å². The number of carbonyl (C=O) groups excluding carboxylic acids is 3. The lowest BCUT2D eigenvalue weighted by molar-refractivity contribution is -0.120. The first-order valence-corrected chi connectivity index (χ1v) is 8.87. The number of hydrogen-bond donors (Lipinski definition) is 3. The highest BCUT2D eigenvalue weighted by Crippen LogP contribution is 2.17. The van der Waals surface area contributed by atoms with Gasteiger partial charge in [0, 0.05) is 5.56 Å². The van der Waals surface area contributed by atoms with Crippen LogP contribution in [0.5, 0.6) is 11.5 Å². The molecule has 8 nitrogen and oxygen atoms in total. The zero-order valence-corrected chi connectivity index (χ0v) is 15.8. The van der Waals surface area contributed by atoms with Crippen molar-refractivity contribution in [2.24, 2.45) is 0 Å². The van der Waals surface area contributed by atoms with Crippen molar-refractivity contribution in [2.45, 2.75) is 13.8 Å². The molecule has 0 spiro atoms. The zero-order chi connectivity index (χ0) is 20.4. The van der Waals surface area contributed by atoms with Gasteiger partial charge in [0.1, 0.15) is 11.5 Å². The molecule has 3 amide bonds. The van der Waals surface area contributed by atoms with Crippen molar-refractivity contribution in [3.63, 3.8) is 0 Å². The van der Waals surface area contributed by atoms with Gasteiger partial charge >= 0.3 is 0 Å². The van der Waals surface area contributed by atoms with Crippen LogP contribution in [0, 0.1) is 0 Å². The number of hydrazine groups is 1. The molecule has 28 heavy (non-hydrogen) atoms. The molecule has 0 aliphatic carbocycles. The van der Waals surface area contributed by atoms with Gasteiger partial charge in [-0.05, 0) is 50.2 Å². The number of ether oxygens (including phenoxy) is 2. The van der Waals surface area contributed by atoms with Crippen molar-refractivity contribution in [3.05, 3.63) is 59.7 Å². The second-order valence-corrected chi connectivity index (χ2v) is 5.57. The minimum Gasteiger partial charge on any atom is -0.494 e. The highest BCUT2D eigenvalue weighted by atomic mass is 16.5. The average Bonchev–Trinajstić information content (AvgIpc) is 2.71. The molecule has 0 bridgehead atoms. The molecule has 148 valence electrons. The van der Waals surface area contributed by atoms with Crippen molar-refractivity contribution in [1.29, 1.82) is 0 Å². The second-order valence-electron chi connectivity index (χ2n) is 5.57. The first kappa shape index (κ1) is 20.8. The lowest BCUT2D eigenvalue weighted by Gasteiger charge is -2.11. The van der Waals surface area contributed by atoms with Gasteiger partial charge in [0.15, 0.2) is 0 Å². The van der Waals surface area contributed by atoms with E-state index in [-0.39, 0.29) is 6.54 Å². The maximum Gasteiger partial charge on any atom is 0.269 e. The molecule has 0 unspecified atom stereocenters. The molecule has 3 N–H and O–H groups in total. The van der Waals surface area contributed by atoms with Crippen LogP contribution in [0.25, 0.3) is 0 Å². The maximum absolute atomic E-state index is 12.2. The van der Waals surface area contributed by atoms with E-state index in [1.54, 1.807) is 48.5 Å². The quantitative estimate of drug-likeness (QED) is 0.600. The van der Waals surface area contributed by atoms with Crippen molar-refractivity contribution < 1.29 is 23.9 Å². The summed E-state index contributed by atoms with van der Waals surface area (Å²) in [4.78, 5) is 36.1. The van der Waals surface area contributed by atoms with Gasteiger partial charge in [-0.3, -0.25) is 25.2 Å². The summed E-state index contributed by atoms with van der Waals surface area (Å²) in [6.07, 6.45) is 0. The average molecular weight is 385 g/mol. The third kappa shape index (κ3) is 6.01. The van der Waals surface area contributed by atoms with Gasteiger partial charge in [0.05, 0.1) is 25.3 Å². The molecule has 0 aromatic heterocycles. The molecule has 0 aliphatic rings. The van der Waals surface area contributed by atoms with Crippen molar-refractivity contribution >= 4 is 17.7 Å². The molecule has 0 saturated heterocycles. The summed E-state index contributed by atoms with van der Waals surface area (Å²) in [6.45, 7) is 4.33. The summed E-state index contributed by atoms with van der Waals surface area (Å²) < 4.78 is 10.7. The minimum absolute atomic E-state index is 0.303. The summed E-state index contributed by atoms with van der Waals surface area (Å²) in [5, 5.41) is 2.48. The monoisotopic (exact) mass is 385 g/mol. The molecular weight excluding hydrogens is 362 g/mol. The van der Waals surface area contributed by atoms with Crippen LogP contribution in [0.2, 0.25) is 0 Å². The van der Waals surface area contributed by atoms with E-state index in [0.717, 1.165) is 0 Å². The number of nitrogens with one attached hydrogen (secondary N) is 3. The Balaban J connectivity index is 1.81. The van der Waals surface area contributed by atoms with Crippen LogP contribution in [0.4, 0.5) is 0 Å². The molecule has 0 saturated carbocycles. The van der Waals surface area contributed by atoms with Crippen molar-refractivity contribution in [1.82, 2.24) is 16.2 Å². The fraction of sp³-hybridized carbons (Fsp3) is 0.250. The Bertz CT molecular complexity index is 821. The van der Waals surface area contributed by atoms with Gasteiger partial charge in [-0.15, -0.1) is 0 Å². The van der Waals surface area contributed by atoms with Gasteiger partial charge < -0.3 is 14.8 Å². The number of benzene rings is 2. The Morgan fingerprint density at radius 2 is 1.50 bits per heavy atom. The van der Waals surface area contributed by atoms with Gasteiger partial charge in [-0.2, -0.15) is 0 Å². The predicted octanol–water partition coefficient (Wildman–Crippen LogP) is 1.68. The molecule has 2 aromatic rings. The largest absolute Gasteiger partial charge is 0.494 e. The number of hydrogen-bond acceptors (Lipinski definition) is 5. The molecule has 2 rings (SSSR count). The lowest BCUT2D eigenvalue weighted by Crippen LogP contribution is -2.46. The van der Waals surface area contributed by atoms with Crippen molar-refractivity contribution in [2.75, 3.05) is 19.8 Å². The summed E-state index contributed by atoms with van der Waals surface area (Å²) in [5.41, 5.74) is 5.23. The molecule has 0 atom stereocenters. The Kier molecular flexibility index (Phi) is 7.83. The Morgan fingerprint density at radius 1 is 0.821 bits per heavy atom. The Hall–Kier alpha value is -3.55. The van der Waals surface area contributed by atoms with E-state index in [9.17, 15) is 14.4 Å². The Morgan fingerprint density at radius 3 is 2.18 bits per heavy atom. The number of para-hydroxylation sites is 1. The first-order valence-electron chi connectivity index (χ1n) is 8.87. The van der Waals surface area contributed by atoms with E-state index in [1.165, 1.54) is 0 Å². The van der Waals surface area contributed by atoms with Crippen LogP contribution in [0.3, 0.4) is 0 Å². The van der Waals surface area contributed by atoms with E-state index < -0.39 is 17.7 Å². The van der Waals surface area contributed by atoms with Crippen LogP contribution in [0.1, 0.15) is 34.6 Å². The van der Waals surface area contributed by atoms with E-state index in [0.29, 0.717) is 35.8 Å². The van der Waals surface area contributed by atoms with E-state index in [1.807, 2.05) is 13.8 Å². The fourth-order valence-corrected chi connectivity index (χ4v) is 2.30. The van der Waals surface area contributed by atoms with Gasteiger partial charge in [-0.1, -0.05) is 12.1 Å². The molecule has 0 heterocycles. The standard InChI is InChI=1S/C20H23N3O5/c1-3-27-15-11-9-14(10-12-15)19(25)23-22-18(24)13-21-20(26)16-7-5-6-8-17(16)28-4-2/h5-12H,3-4,13H2,1-2H3,(H,21,26)(H,22,24)(H,23,25). The van der Waals surface area contributed by atoms with Crippen LogP contribution >= 0.6 is 0 Å². The number of carbonyl (C=O) groups is 3. The highest BCUT2D eigenvalue weighted by molar-refractivity contribution is 5.99. The van der Waals surface area contributed by atoms with Crippen LogP contribution < -0.4 is 25.6 Å². The lowest BCUT2D eigenvalue weighted by atomic mass is 10.2. The summed E-state index contributed by atoms with van der Waals surface area (Å²) >= 11 is 0. The number of amides is 3.